The molecule has 9 heavy (non-hydrogen) atoms. The van der Waals surface area contributed by atoms with E-state index in [1.165, 1.54) is 0 Å². The molecule has 0 aromatic carbocycles. The third-order valence-electron chi connectivity index (χ3n) is 0.621. The van der Waals surface area contributed by atoms with Crippen molar-refractivity contribution in [1.29, 1.82) is 0 Å². The Kier molecular flexibility index (Phi) is 5.13. The second kappa shape index (κ2) is 5.02. The lowest BCUT2D eigenvalue weighted by Crippen LogP contribution is -2.36. The Labute approximate surface area is 65.6 Å². The van der Waals surface area contributed by atoms with E-state index in [1.54, 1.807) is 11.8 Å². The summed E-state index contributed by atoms with van der Waals surface area (Å²) in [5.41, 5.74) is 5.41. The van der Waals surface area contributed by atoms with Crippen molar-refractivity contribution in [1.82, 2.24) is 5.32 Å². The van der Waals surface area contributed by atoms with E-state index in [9.17, 15) is 0 Å². The molecule has 0 radical (unpaired) electrons. The molecular weight excluding hydrogens is 152 g/mol. The molecule has 0 spiro atoms. The maximum absolute atomic E-state index is 5.41. The number of rotatable bonds is 2. The summed E-state index contributed by atoms with van der Waals surface area (Å²) in [5.74, 6) is 0.999. The molecule has 3 N–H and O–H groups in total. The minimum Gasteiger partial charge on any atom is -0.356 e. The summed E-state index contributed by atoms with van der Waals surface area (Å²) in [6.45, 7) is 3.92. The first-order chi connectivity index (χ1) is 4.16. The topological polar surface area (TPSA) is 38.0 Å². The monoisotopic (exact) mass is 164 g/mol. The van der Waals surface area contributed by atoms with Crippen molar-refractivity contribution < 1.29 is 0 Å². The standard InChI is InChI=1S/C5H12N2S2/c1-3-9-5(8)7-4(2)6/h4H,3,6H2,1-2H3,(H,7,8). The maximum Gasteiger partial charge on any atom is 0.134 e. The normalized spacial score (nSPS) is 12.8. The Bertz CT molecular complexity index is 93.0. The van der Waals surface area contributed by atoms with E-state index in [0.717, 1.165) is 10.1 Å². The molecule has 1 atom stereocenters. The lowest BCUT2D eigenvalue weighted by Gasteiger charge is -2.08. The summed E-state index contributed by atoms with van der Waals surface area (Å²) < 4.78 is 0.785. The van der Waals surface area contributed by atoms with Crippen LogP contribution >= 0.6 is 24.0 Å². The molecule has 0 saturated carbocycles. The van der Waals surface area contributed by atoms with Crippen LogP contribution in [-0.4, -0.2) is 16.2 Å². The van der Waals surface area contributed by atoms with Crippen molar-refractivity contribution in [3.05, 3.63) is 0 Å². The van der Waals surface area contributed by atoms with E-state index in [1.807, 2.05) is 6.92 Å². The van der Waals surface area contributed by atoms with Gasteiger partial charge in [-0.05, 0) is 12.7 Å². The molecule has 0 aliphatic carbocycles. The van der Waals surface area contributed by atoms with Crippen LogP contribution in [0.3, 0.4) is 0 Å². The number of nitrogens with one attached hydrogen (secondary N) is 1. The smallest absolute Gasteiger partial charge is 0.134 e. The molecular formula is C5H12N2S2. The van der Waals surface area contributed by atoms with E-state index in [-0.39, 0.29) is 6.17 Å². The third kappa shape index (κ3) is 6.08. The second-order valence-electron chi connectivity index (χ2n) is 1.65. The molecule has 0 aliphatic rings. The van der Waals surface area contributed by atoms with Crippen LogP contribution in [0.2, 0.25) is 0 Å². The van der Waals surface area contributed by atoms with Gasteiger partial charge < -0.3 is 11.1 Å². The number of nitrogens with two attached hydrogens (primary N) is 1. The van der Waals surface area contributed by atoms with Crippen molar-refractivity contribution in [2.45, 2.75) is 20.0 Å². The number of thiocarbonyl (C=S) groups is 1. The minimum atomic E-state index is -0.0310. The van der Waals surface area contributed by atoms with Crippen LogP contribution in [0.4, 0.5) is 0 Å². The van der Waals surface area contributed by atoms with Gasteiger partial charge in [0.25, 0.3) is 0 Å². The SMILES string of the molecule is CCSC(=S)NC(C)N. The fourth-order valence-corrected chi connectivity index (χ4v) is 1.43. The van der Waals surface area contributed by atoms with Gasteiger partial charge in [-0.15, -0.1) is 0 Å². The van der Waals surface area contributed by atoms with E-state index in [0.29, 0.717) is 0 Å². The van der Waals surface area contributed by atoms with Gasteiger partial charge in [-0.3, -0.25) is 0 Å². The molecule has 0 bridgehead atoms. The van der Waals surface area contributed by atoms with Crippen LogP contribution < -0.4 is 11.1 Å². The summed E-state index contributed by atoms with van der Waals surface area (Å²) >= 11 is 6.50. The first-order valence-corrected chi connectivity index (χ1v) is 4.25. The minimum absolute atomic E-state index is 0.0310. The highest BCUT2D eigenvalue weighted by molar-refractivity contribution is 8.22. The Morgan fingerprint density at radius 2 is 2.44 bits per heavy atom. The zero-order valence-corrected chi connectivity index (χ0v) is 7.31. The largest absolute Gasteiger partial charge is 0.356 e. The highest BCUT2D eigenvalue weighted by Gasteiger charge is 1.95. The highest BCUT2D eigenvalue weighted by atomic mass is 32.2. The van der Waals surface area contributed by atoms with Crippen LogP contribution in [0.5, 0.6) is 0 Å². The van der Waals surface area contributed by atoms with Gasteiger partial charge in [0.1, 0.15) is 4.32 Å². The van der Waals surface area contributed by atoms with Gasteiger partial charge in [0, 0.05) is 0 Å². The summed E-state index contributed by atoms with van der Waals surface area (Å²) in [5, 5.41) is 2.92. The van der Waals surface area contributed by atoms with Crippen molar-refractivity contribution >= 4 is 28.3 Å². The van der Waals surface area contributed by atoms with E-state index < -0.39 is 0 Å². The van der Waals surface area contributed by atoms with Crippen molar-refractivity contribution in [2.24, 2.45) is 5.73 Å². The molecule has 0 aliphatic heterocycles. The Hall–Kier alpha value is 0.200. The molecule has 0 rings (SSSR count). The quantitative estimate of drug-likeness (QED) is 0.470. The maximum atomic E-state index is 5.41. The zero-order chi connectivity index (χ0) is 7.28. The molecule has 0 saturated heterocycles. The van der Waals surface area contributed by atoms with Crippen molar-refractivity contribution in [3.8, 4) is 0 Å². The molecule has 4 heteroatoms. The Balaban J connectivity index is 3.27. The van der Waals surface area contributed by atoms with Crippen LogP contribution in [-0.2, 0) is 0 Å². The van der Waals surface area contributed by atoms with Crippen LogP contribution in [0.25, 0.3) is 0 Å². The summed E-state index contributed by atoms with van der Waals surface area (Å²) in [6, 6.07) is 0. The molecule has 0 aromatic rings. The molecule has 0 amide bonds. The van der Waals surface area contributed by atoms with E-state index in [4.69, 9.17) is 18.0 Å². The van der Waals surface area contributed by atoms with Crippen molar-refractivity contribution in [3.63, 3.8) is 0 Å². The lowest BCUT2D eigenvalue weighted by atomic mass is 10.6. The molecule has 1 unspecified atom stereocenters. The highest BCUT2D eigenvalue weighted by Crippen LogP contribution is 1.99. The summed E-state index contributed by atoms with van der Waals surface area (Å²) in [6.07, 6.45) is -0.0310. The summed E-state index contributed by atoms with van der Waals surface area (Å²) in [4.78, 5) is 0. The first kappa shape index (κ1) is 9.20. The van der Waals surface area contributed by atoms with E-state index in [2.05, 4.69) is 12.2 Å². The van der Waals surface area contributed by atoms with Gasteiger partial charge in [0.05, 0.1) is 6.17 Å². The zero-order valence-electron chi connectivity index (χ0n) is 5.68. The van der Waals surface area contributed by atoms with Crippen molar-refractivity contribution in [2.75, 3.05) is 5.75 Å². The van der Waals surface area contributed by atoms with E-state index >= 15 is 0 Å². The fraction of sp³-hybridized carbons (Fsp3) is 0.800. The average Bonchev–Trinajstić information content (AvgIpc) is 1.63. The van der Waals surface area contributed by atoms with Crippen LogP contribution in [0.15, 0.2) is 0 Å². The van der Waals surface area contributed by atoms with Gasteiger partial charge >= 0.3 is 0 Å². The predicted octanol–water partition coefficient (Wildman–Crippen LogP) is 0.919. The number of thioether (sulfide) groups is 1. The fourth-order valence-electron chi connectivity index (χ4n) is 0.359. The Morgan fingerprint density at radius 1 is 1.89 bits per heavy atom. The second-order valence-corrected chi connectivity index (χ2v) is 3.59. The molecule has 2 nitrogen and oxygen atoms in total. The molecule has 0 heterocycles. The first-order valence-electron chi connectivity index (χ1n) is 2.85. The number of hydrogen-bond donors (Lipinski definition) is 2. The van der Waals surface area contributed by atoms with Gasteiger partial charge in [0.2, 0.25) is 0 Å². The molecule has 0 fully saturated rings. The Morgan fingerprint density at radius 3 is 2.78 bits per heavy atom. The molecule has 54 valence electrons. The van der Waals surface area contributed by atoms with Gasteiger partial charge in [-0.2, -0.15) is 0 Å². The van der Waals surface area contributed by atoms with Crippen LogP contribution in [0.1, 0.15) is 13.8 Å². The predicted molar refractivity (Wildman–Crippen MR) is 47.5 cm³/mol. The third-order valence-corrected chi connectivity index (χ3v) is 1.76. The lowest BCUT2D eigenvalue weighted by molar-refractivity contribution is 0.710. The van der Waals surface area contributed by atoms with Gasteiger partial charge in [0.15, 0.2) is 0 Å². The number of hydrogen-bond acceptors (Lipinski definition) is 3. The van der Waals surface area contributed by atoms with Crippen LogP contribution in [0, 0.1) is 0 Å². The van der Waals surface area contributed by atoms with Gasteiger partial charge in [-0.1, -0.05) is 30.9 Å². The molecule has 0 aromatic heterocycles. The average molecular weight is 164 g/mol. The van der Waals surface area contributed by atoms with Gasteiger partial charge in [-0.25, -0.2) is 0 Å². The summed E-state index contributed by atoms with van der Waals surface area (Å²) in [7, 11) is 0.